The topological polar surface area (TPSA) is 128 Å². The quantitative estimate of drug-likeness (QED) is 0.215. The van der Waals surface area contributed by atoms with Crippen LogP contribution in [-0.2, 0) is 0 Å². The van der Waals surface area contributed by atoms with Gasteiger partial charge in [0.25, 0.3) is 0 Å². The van der Waals surface area contributed by atoms with Gasteiger partial charge in [-0.15, -0.1) is 21.5 Å². The second-order valence-corrected chi connectivity index (χ2v) is 10.7. The smallest absolute Gasteiger partial charge is 0.355 e. The molecule has 0 aliphatic carbocycles. The predicted octanol–water partition coefficient (Wildman–Crippen LogP) is 4.91. The summed E-state index contributed by atoms with van der Waals surface area (Å²) in [6.07, 6.45) is 1.87. The third-order valence-electron chi connectivity index (χ3n) is 5.76. The van der Waals surface area contributed by atoms with Crippen LogP contribution in [0.5, 0.6) is 0 Å². The Hall–Kier alpha value is -3.19. The number of nitrogens with zero attached hydrogens (tertiary/aromatic N) is 6. The summed E-state index contributed by atoms with van der Waals surface area (Å²) in [5.41, 5.74) is 1.78. The molecule has 4 aromatic rings. The molecule has 1 unspecified atom stereocenters. The summed E-state index contributed by atoms with van der Waals surface area (Å²) in [5, 5.41) is 34.7. The lowest BCUT2D eigenvalue weighted by molar-refractivity contribution is 0.0691. The van der Waals surface area contributed by atoms with Gasteiger partial charge >= 0.3 is 5.97 Å². The van der Waals surface area contributed by atoms with E-state index in [0.29, 0.717) is 42.7 Å². The lowest BCUT2D eigenvalue weighted by atomic mass is 10.1. The molecule has 0 bridgehead atoms. The number of nitrogens with one attached hydrogen (secondary N) is 1. The van der Waals surface area contributed by atoms with Crippen molar-refractivity contribution in [2.75, 3.05) is 36.9 Å². The largest absolute Gasteiger partial charge is 0.476 e. The van der Waals surface area contributed by atoms with E-state index in [1.807, 2.05) is 49.2 Å². The number of aliphatic hydroxyl groups is 1. The zero-order valence-electron chi connectivity index (χ0n) is 21.1. The van der Waals surface area contributed by atoms with Crippen LogP contribution in [0.15, 0.2) is 35.7 Å². The number of aromatic nitrogens is 4. The molecule has 1 atom stereocenters. The third-order valence-corrected chi connectivity index (χ3v) is 7.57. The number of hydrogen-bond acceptors (Lipinski definition) is 11. The molecular weight excluding hydrogens is 510 g/mol. The summed E-state index contributed by atoms with van der Waals surface area (Å²) in [6.45, 7) is 6.11. The van der Waals surface area contributed by atoms with E-state index in [9.17, 15) is 15.0 Å². The number of carbonyl (C=O) groups is 1. The Labute approximate surface area is 223 Å². The molecule has 3 heterocycles. The molecule has 0 aliphatic rings. The molecule has 0 aliphatic heterocycles. The van der Waals surface area contributed by atoms with E-state index in [0.717, 1.165) is 33.9 Å². The Kier molecular flexibility index (Phi) is 8.98. The standard InChI is InChI=1S/C25H31N7O3S2/c1-4-11-31(3)14-17(33)8-7-12-32(25-27-19(15-36-25)23(34)35)21-13-16(2)22(30-29-21)28-24-26-18-9-5-6-10-20(18)37-24/h5-6,9-10,13,15,17,33H,4,7-8,11-12,14H2,1-3H3,(H,34,35)(H,26,28,30). The number of aromatic carboxylic acids is 1. The lowest BCUT2D eigenvalue weighted by Crippen LogP contribution is -2.30. The Morgan fingerprint density at radius 3 is 2.70 bits per heavy atom. The van der Waals surface area contributed by atoms with Crippen molar-refractivity contribution in [3.63, 3.8) is 0 Å². The summed E-state index contributed by atoms with van der Waals surface area (Å²) in [4.78, 5) is 24.3. The number of anilines is 4. The van der Waals surface area contributed by atoms with Crippen molar-refractivity contribution >= 4 is 60.8 Å². The molecule has 4 rings (SSSR count). The fourth-order valence-corrected chi connectivity index (χ4v) is 5.66. The number of carboxylic acid groups (broad SMARTS) is 1. The van der Waals surface area contributed by atoms with Crippen molar-refractivity contribution in [2.45, 2.75) is 39.2 Å². The van der Waals surface area contributed by atoms with Crippen LogP contribution in [0, 0.1) is 6.92 Å². The number of carboxylic acids is 1. The van der Waals surface area contributed by atoms with E-state index in [4.69, 9.17) is 0 Å². The first-order chi connectivity index (χ1) is 17.8. The third kappa shape index (κ3) is 6.98. The first-order valence-electron chi connectivity index (χ1n) is 12.1. The van der Waals surface area contributed by atoms with E-state index in [-0.39, 0.29) is 5.69 Å². The van der Waals surface area contributed by atoms with Gasteiger partial charge < -0.3 is 25.3 Å². The number of hydrogen-bond donors (Lipinski definition) is 3. The summed E-state index contributed by atoms with van der Waals surface area (Å²) in [6, 6.07) is 9.83. The molecule has 1 aromatic carbocycles. The van der Waals surface area contributed by atoms with Crippen LogP contribution in [0.25, 0.3) is 10.2 Å². The van der Waals surface area contributed by atoms with Gasteiger partial charge in [-0.3, -0.25) is 0 Å². The summed E-state index contributed by atoms with van der Waals surface area (Å²) in [5.74, 6) is 0.0909. The van der Waals surface area contributed by atoms with Crippen LogP contribution in [0.1, 0.15) is 42.2 Å². The fourth-order valence-electron chi connectivity index (χ4n) is 3.96. The number of fused-ring (bicyclic) bond motifs is 1. The van der Waals surface area contributed by atoms with E-state index in [2.05, 4.69) is 37.3 Å². The molecule has 0 amide bonds. The second kappa shape index (κ2) is 12.4. The van der Waals surface area contributed by atoms with Crippen LogP contribution < -0.4 is 10.2 Å². The zero-order chi connectivity index (χ0) is 26.4. The Balaban J connectivity index is 1.50. The van der Waals surface area contributed by atoms with Crippen molar-refractivity contribution in [1.82, 2.24) is 25.1 Å². The maximum atomic E-state index is 11.4. The van der Waals surface area contributed by atoms with Crippen molar-refractivity contribution in [3.05, 3.63) is 47.0 Å². The Morgan fingerprint density at radius 2 is 2.00 bits per heavy atom. The van der Waals surface area contributed by atoms with Crippen LogP contribution in [0.3, 0.4) is 0 Å². The first-order valence-corrected chi connectivity index (χ1v) is 13.8. The SMILES string of the molecule is CCCN(C)CC(O)CCCN(c1cc(C)c(Nc2nc3ccccc3s2)nn1)c1nc(C(=O)O)cs1. The number of likely N-dealkylation sites (N-methyl/N-ethyl adjacent to an activating group) is 1. The van der Waals surface area contributed by atoms with Gasteiger partial charge in [0.2, 0.25) is 0 Å². The number of thiazole rings is 2. The lowest BCUT2D eigenvalue weighted by Gasteiger charge is -2.23. The molecule has 0 saturated heterocycles. The van der Waals surface area contributed by atoms with Gasteiger partial charge in [0.15, 0.2) is 27.6 Å². The highest BCUT2D eigenvalue weighted by molar-refractivity contribution is 7.22. The molecule has 0 saturated carbocycles. The molecule has 196 valence electrons. The average molecular weight is 542 g/mol. The number of benzene rings is 1. The highest BCUT2D eigenvalue weighted by atomic mass is 32.1. The van der Waals surface area contributed by atoms with Crippen molar-refractivity contribution in [2.24, 2.45) is 0 Å². The molecular formula is C25H31N7O3S2. The van der Waals surface area contributed by atoms with Crippen molar-refractivity contribution < 1.29 is 15.0 Å². The molecule has 10 nitrogen and oxygen atoms in total. The summed E-state index contributed by atoms with van der Waals surface area (Å²) >= 11 is 2.79. The summed E-state index contributed by atoms with van der Waals surface area (Å²) in [7, 11) is 2.00. The van der Waals surface area contributed by atoms with Gasteiger partial charge in [0.1, 0.15) is 0 Å². The Morgan fingerprint density at radius 1 is 1.19 bits per heavy atom. The van der Waals surface area contributed by atoms with E-state index < -0.39 is 12.1 Å². The maximum absolute atomic E-state index is 11.4. The van der Waals surface area contributed by atoms with Gasteiger partial charge in [-0.2, -0.15) is 0 Å². The van der Waals surface area contributed by atoms with E-state index in [1.54, 1.807) is 11.3 Å². The molecule has 0 fully saturated rings. The van der Waals surface area contributed by atoms with Crippen LogP contribution in [0.4, 0.5) is 21.9 Å². The van der Waals surface area contributed by atoms with E-state index in [1.165, 1.54) is 16.7 Å². The molecule has 0 radical (unpaired) electrons. The van der Waals surface area contributed by atoms with Gasteiger partial charge in [-0.1, -0.05) is 30.4 Å². The maximum Gasteiger partial charge on any atom is 0.355 e. The van der Waals surface area contributed by atoms with Crippen LogP contribution in [0.2, 0.25) is 0 Å². The molecule has 3 N–H and O–H groups in total. The minimum Gasteiger partial charge on any atom is -0.476 e. The van der Waals surface area contributed by atoms with Gasteiger partial charge in [-0.05, 0) is 63.5 Å². The molecule has 3 aromatic heterocycles. The number of aryl methyl sites for hydroxylation is 1. The van der Waals surface area contributed by atoms with E-state index >= 15 is 0 Å². The average Bonchev–Trinajstić information content (AvgIpc) is 3.50. The number of para-hydroxylation sites is 1. The summed E-state index contributed by atoms with van der Waals surface area (Å²) < 4.78 is 1.08. The van der Waals surface area contributed by atoms with Crippen molar-refractivity contribution in [3.8, 4) is 0 Å². The zero-order valence-corrected chi connectivity index (χ0v) is 22.7. The van der Waals surface area contributed by atoms with Gasteiger partial charge in [0.05, 0.1) is 16.3 Å². The highest BCUT2D eigenvalue weighted by Gasteiger charge is 2.20. The minimum atomic E-state index is -1.07. The molecule has 37 heavy (non-hydrogen) atoms. The van der Waals surface area contributed by atoms with Crippen molar-refractivity contribution in [1.29, 1.82) is 0 Å². The second-order valence-electron chi connectivity index (χ2n) is 8.88. The molecule has 0 spiro atoms. The normalized spacial score (nSPS) is 12.2. The number of aliphatic hydroxyl groups excluding tert-OH is 1. The van der Waals surface area contributed by atoms with Gasteiger partial charge in [0, 0.05) is 18.5 Å². The number of rotatable bonds is 13. The van der Waals surface area contributed by atoms with Crippen LogP contribution in [-0.4, -0.2) is 74.0 Å². The highest BCUT2D eigenvalue weighted by Crippen LogP contribution is 2.31. The monoisotopic (exact) mass is 541 g/mol. The van der Waals surface area contributed by atoms with Gasteiger partial charge in [-0.25, -0.2) is 14.8 Å². The minimum absolute atomic E-state index is 0.00923. The Bertz CT molecular complexity index is 1310. The van der Waals surface area contributed by atoms with Crippen LogP contribution >= 0.6 is 22.7 Å². The molecule has 12 heteroatoms. The predicted molar refractivity (Wildman–Crippen MR) is 149 cm³/mol. The first kappa shape index (κ1) is 26.9. The fraction of sp³-hybridized carbons (Fsp3) is 0.400.